The zero-order valence-electron chi connectivity index (χ0n) is 12.7. The SMILES string of the molecule is Cc1nn(C2CCOC2)c(C)c1CCNCC(C)C. The van der Waals surface area contributed by atoms with Gasteiger partial charge in [0.2, 0.25) is 0 Å². The minimum Gasteiger partial charge on any atom is -0.379 e. The summed E-state index contributed by atoms with van der Waals surface area (Å²) in [5, 5.41) is 8.22. The predicted octanol–water partition coefficient (Wildman–Crippen LogP) is 2.25. The van der Waals surface area contributed by atoms with E-state index in [4.69, 9.17) is 9.84 Å². The van der Waals surface area contributed by atoms with Crippen molar-refractivity contribution in [2.75, 3.05) is 26.3 Å². The van der Waals surface area contributed by atoms with Crippen LogP contribution in [0.2, 0.25) is 0 Å². The van der Waals surface area contributed by atoms with Crippen molar-refractivity contribution in [2.45, 2.75) is 46.6 Å². The zero-order valence-corrected chi connectivity index (χ0v) is 12.7. The molecule has 4 heteroatoms. The Morgan fingerprint density at radius 2 is 2.21 bits per heavy atom. The molecule has 2 heterocycles. The number of hydrogen-bond donors (Lipinski definition) is 1. The second kappa shape index (κ2) is 6.53. The first-order chi connectivity index (χ1) is 9.09. The predicted molar refractivity (Wildman–Crippen MR) is 77.6 cm³/mol. The molecule has 1 saturated heterocycles. The van der Waals surface area contributed by atoms with Crippen molar-refractivity contribution in [3.05, 3.63) is 17.0 Å². The molecule has 108 valence electrons. The molecule has 1 fully saturated rings. The van der Waals surface area contributed by atoms with Gasteiger partial charge in [-0.1, -0.05) is 13.8 Å². The van der Waals surface area contributed by atoms with Crippen LogP contribution in [-0.4, -0.2) is 36.1 Å². The summed E-state index contributed by atoms with van der Waals surface area (Å²) in [7, 11) is 0. The number of nitrogens with zero attached hydrogens (tertiary/aromatic N) is 2. The summed E-state index contributed by atoms with van der Waals surface area (Å²) in [4.78, 5) is 0. The largest absolute Gasteiger partial charge is 0.379 e. The van der Waals surface area contributed by atoms with E-state index in [-0.39, 0.29) is 0 Å². The summed E-state index contributed by atoms with van der Waals surface area (Å²) < 4.78 is 7.65. The second-order valence-corrected chi connectivity index (χ2v) is 5.96. The molecular formula is C15H27N3O. The van der Waals surface area contributed by atoms with Crippen molar-refractivity contribution in [2.24, 2.45) is 5.92 Å². The third-order valence-electron chi connectivity index (χ3n) is 3.83. The number of ether oxygens (including phenoxy) is 1. The smallest absolute Gasteiger partial charge is 0.0777 e. The summed E-state index contributed by atoms with van der Waals surface area (Å²) in [6.45, 7) is 12.6. The topological polar surface area (TPSA) is 39.1 Å². The van der Waals surface area contributed by atoms with Crippen LogP contribution in [0.25, 0.3) is 0 Å². The van der Waals surface area contributed by atoms with Gasteiger partial charge in [-0.2, -0.15) is 5.10 Å². The van der Waals surface area contributed by atoms with Gasteiger partial charge in [-0.05, 0) is 51.3 Å². The third kappa shape index (κ3) is 3.57. The maximum Gasteiger partial charge on any atom is 0.0777 e. The molecule has 0 aromatic carbocycles. The number of rotatable bonds is 6. The maximum absolute atomic E-state index is 5.47. The average Bonchev–Trinajstić information content (AvgIpc) is 2.95. The van der Waals surface area contributed by atoms with Crippen LogP contribution < -0.4 is 5.32 Å². The van der Waals surface area contributed by atoms with Gasteiger partial charge in [0.15, 0.2) is 0 Å². The molecule has 1 aliphatic rings. The maximum atomic E-state index is 5.47. The van der Waals surface area contributed by atoms with Crippen LogP contribution in [0.4, 0.5) is 0 Å². The first-order valence-corrected chi connectivity index (χ1v) is 7.42. The van der Waals surface area contributed by atoms with Crippen molar-refractivity contribution in [1.29, 1.82) is 0 Å². The highest BCUT2D eigenvalue weighted by Gasteiger charge is 2.22. The fraction of sp³-hybridized carbons (Fsp3) is 0.800. The van der Waals surface area contributed by atoms with E-state index in [1.807, 2.05) is 0 Å². The van der Waals surface area contributed by atoms with Crippen LogP contribution in [0.5, 0.6) is 0 Å². The second-order valence-electron chi connectivity index (χ2n) is 5.96. The van der Waals surface area contributed by atoms with Gasteiger partial charge in [0.25, 0.3) is 0 Å². The Labute approximate surface area is 116 Å². The van der Waals surface area contributed by atoms with Crippen molar-refractivity contribution in [3.63, 3.8) is 0 Å². The molecule has 0 spiro atoms. The molecule has 1 aliphatic heterocycles. The monoisotopic (exact) mass is 265 g/mol. The highest BCUT2D eigenvalue weighted by atomic mass is 16.5. The highest BCUT2D eigenvalue weighted by Crippen LogP contribution is 2.23. The molecule has 4 nitrogen and oxygen atoms in total. The molecule has 1 N–H and O–H groups in total. The van der Waals surface area contributed by atoms with Gasteiger partial charge in [0, 0.05) is 12.3 Å². The first-order valence-electron chi connectivity index (χ1n) is 7.42. The Hall–Kier alpha value is -0.870. The zero-order chi connectivity index (χ0) is 13.8. The molecule has 0 amide bonds. The summed E-state index contributed by atoms with van der Waals surface area (Å²) in [6.07, 6.45) is 2.16. The van der Waals surface area contributed by atoms with E-state index in [0.29, 0.717) is 12.0 Å². The quantitative estimate of drug-likeness (QED) is 0.802. The van der Waals surface area contributed by atoms with Crippen LogP contribution in [-0.2, 0) is 11.2 Å². The van der Waals surface area contributed by atoms with E-state index in [9.17, 15) is 0 Å². The van der Waals surface area contributed by atoms with E-state index in [1.54, 1.807) is 0 Å². The van der Waals surface area contributed by atoms with Gasteiger partial charge < -0.3 is 10.1 Å². The summed E-state index contributed by atoms with van der Waals surface area (Å²) in [5.74, 6) is 0.709. The molecule has 0 saturated carbocycles. The van der Waals surface area contributed by atoms with Crippen LogP contribution in [0.3, 0.4) is 0 Å². The standard InChI is InChI=1S/C15H27N3O/c1-11(2)9-16-7-5-15-12(3)17-18(13(15)4)14-6-8-19-10-14/h11,14,16H,5-10H2,1-4H3. The van der Waals surface area contributed by atoms with Crippen molar-refractivity contribution in [1.82, 2.24) is 15.1 Å². The fourth-order valence-electron chi connectivity index (χ4n) is 2.73. The Morgan fingerprint density at radius 1 is 1.42 bits per heavy atom. The highest BCUT2D eigenvalue weighted by molar-refractivity contribution is 5.25. The molecule has 1 aromatic heterocycles. The average molecular weight is 265 g/mol. The lowest BCUT2D eigenvalue weighted by Crippen LogP contribution is -2.22. The van der Waals surface area contributed by atoms with Gasteiger partial charge in [0.05, 0.1) is 18.3 Å². The summed E-state index contributed by atoms with van der Waals surface area (Å²) in [6, 6.07) is 0.441. The molecule has 19 heavy (non-hydrogen) atoms. The number of hydrogen-bond acceptors (Lipinski definition) is 3. The van der Waals surface area contributed by atoms with E-state index < -0.39 is 0 Å². The lowest BCUT2D eigenvalue weighted by molar-refractivity contribution is 0.184. The minimum atomic E-state index is 0.441. The van der Waals surface area contributed by atoms with E-state index in [1.165, 1.54) is 17.0 Å². The van der Waals surface area contributed by atoms with Crippen LogP contribution in [0, 0.1) is 19.8 Å². The normalized spacial score (nSPS) is 19.5. The third-order valence-corrected chi connectivity index (χ3v) is 3.83. The Balaban J connectivity index is 1.96. The fourth-order valence-corrected chi connectivity index (χ4v) is 2.73. The molecule has 1 atom stereocenters. The lowest BCUT2D eigenvalue weighted by Gasteiger charge is -2.11. The lowest BCUT2D eigenvalue weighted by atomic mass is 10.1. The van der Waals surface area contributed by atoms with E-state index in [2.05, 4.69) is 37.7 Å². The Morgan fingerprint density at radius 3 is 2.84 bits per heavy atom. The number of aryl methyl sites for hydroxylation is 1. The number of nitrogens with one attached hydrogen (secondary N) is 1. The van der Waals surface area contributed by atoms with Crippen molar-refractivity contribution >= 4 is 0 Å². The van der Waals surface area contributed by atoms with Gasteiger partial charge in [-0.15, -0.1) is 0 Å². The van der Waals surface area contributed by atoms with Crippen LogP contribution >= 0.6 is 0 Å². The van der Waals surface area contributed by atoms with Crippen molar-refractivity contribution < 1.29 is 4.74 Å². The molecule has 1 aromatic rings. The molecule has 1 unspecified atom stereocenters. The molecule has 0 radical (unpaired) electrons. The van der Waals surface area contributed by atoms with Gasteiger partial charge in [0.1, 0.15) is 0 Å². The minimum absolute atomic E-state index is 0.441. The van der Waals surface area contributed by atoms with Gasteiger partial charge >= 0.3 is 0 Å². The van der Waals surface area contributed by atoms with E-state index >= 15 is 0 Å². The van der Waals surface area contributed by atoms with E-state index in [0.717, 1.165) is 39.1 Å². The molecule has 2 rings (SSSR count). The van der Waals surface area contributed by atoms with Crippen LogP contribution in [0.15, 0.2) is 0 Å². The number of aromatic nitrogens is 2. The molecular weight excluding hydrogens is 238 g/mol. The van der Waals surface area contributed by atoms with Gasteiger partial charge in [-0.25, -0.2) is 0 Å². The Kier molecular flexibility index (Phi) is 4.99. The Bertz CT molecular complexity index is 406. The summed E-state index contributed by atoms with van der Waals surface area (Å²) >= 11 is 0. The van der Waals surface area contributed by atoms with Gasteiger partial charge in [-0.3, -0.25) is 4.68 Å². The molecule has 0 aliphatic carbocycles. The summed E-state index contributed by atoms with van der Waals surface area (Å²) in [5.41, 5.74) is 3.90. The molecule has 0 bridgehead atoms. The first kappa shape index (κ1) is 14.5. The van der Waals surface area contributed by atoms with Crippen LogP contribution in [0.1, 0.15) is 43.3 Å². The van der Waals surface area contributed by atoms with Crippen molar-refractivity contribution in [3.8, 4) is 0 Å².